The van der Waals surface area contributed by atoms with Crippen LogP contribution >= 0.6 is 15.9 Å². The van der Waals surface area contributed by atoms with E-state index in [1.807, 2.05) is 24.3 Å². The summed E-state index contributed by atoms with van der Waals surface area (Å²) in [5.41, 5.74) is 6.72. The second-order valence-electron chi connectivity index (χ2n) is 3.07. The van der Waals surface area contributed by atoms with Crippen LogP contribution in [-0.2, 0) is 9.53 Å². The lowest BCUT2D eigenvalue weighted by molar-refractivity contribution is -0.142. The number of halogens is 1. The summed E-state index contributed by atoms with van der Waals surface area (Å²) < 4.78 is 5.88. The third-order valence-electron chi connectivity index (χ3n) is 1.82. The van der Waals surface area contributed by atoms with Crippen molar-refractivity contribution in [1.82, 2.24) is 0 Å². The van der Waals surface area contributed by atoms with Gasteiger partial charge in [0.25, 0.3) is 0 Å². The number of nitrogens with two attached hydrogens (primary N) is 1. The first-order chi connectivity index (χ1) is 7.09. The zero-order valence-electron chi connectivity index (χ0n) is 8.02. The van der Waals surface area contributed by atoms with E-state index < -0.39 is 5.97 Å². The largest absolute Gasteiger partial charge is 0.480 e. The van der Waals surface area contributed by atoms with Gasteiger partial charge in [0.2, 0.25) is 0 Å². The van der Waals surface area contributed by atoms with Crippen molar-refractivity contribution in [2.75, 3.05) is 13.2 Å². The number of ether oxygens (including phenoxy) is 1. The molecule has 0 aliphatic rings. The molecule has 4 nitrogen and oxygen atoms in total. The molecule has 0 saturated heterocycles. The van der Waals surface area contributed by atoms with Gasteiger partial charge in [-0.1, -0.05) is 28.1 Å². The van der Waals surface area contributed by atoms with Crippen molar-refractivity contribution in [3.8, 4) is 0 Å². The summed E-state index contributed by atoms with van der Waals surface area (Å²) in [6.45, 7) is -0.113. The van der Waals surface area contributed by atoms with Gasteiger partial charge >= 0.3 is 5.97 Å². The van der Waals surface area contributed by atoms with Crippen LogP contribution in [0, 0.1) is 0 Å². The quantitative estimate of drug-likeness (QED) is 0.854. The normalized spacial score (nSPS) is 12.4. The number of hydrogen-bond acceptors (Lipinski definition) is 3. The Labute approximate surface area is 96.2 Å². The second-order valence-corrected chi connectivity index (χ2v) is 3.98. The van der Waals surface area contributed by atoms with Gasteiger partial charge < -0.3 is 15.6 Å². The smallest absolute Gasteiger partial charge is 0.329 e. The lowest BCUT2D eigenvalue weighted by Crippen LogP contribution is -2.19. The van der Waals surface area contributed by atoms with Crippen LogP contribution in [0.4, 0.5) is 0 Å². The van der Waals surface area contributed by atoms with Crippen molar-refractivity contribution in [3.63, 3.8) is 0 Å². The minimum atomic E-state index is -0.988. The second kappa shape index (κ2) is 5.85. The predicted octanol–water partition coefficient (Wildman–Crippen LogP) is 1.55. The maximum Gasteiger partial charge on any atom is 0.329 e. The lowest BCUT2D eigenvalue weighted by atomic mass is 10.1. The molecule has 3 N–H and O–H groups in total. The predicted molar refractivity (Wildman–Crippen MR) is 59.5 cm³/mol. The molecule has 1 rings (SSSR count). The van der Waals surface area contributed by atoms with Gasteiger partial charge in [-0.05, 0) is 17.7 Å². The van der Waals surface area contributed by atoms with Crippen LogP contribution < -0.4 is 5.73 Å². The number of carboxylic acid groups (broad SMARTS) is 1. The molecule has 0 aliphatic carbocycles. The van der Waals surface area contributed by atoms with Gasteiger partial charge in [-0.15, -0.1) is 0 Å². The highest BCUT2D eigenvalue weighted by Gasteiger charge is 2.06. The van der Waals surface area contributed by atoms with E-state index in [9.17, 15) is 4.79 Å². The minimum absolute atomic E-state index is 0.202. The number of benzene rings is 1. The van der Waals surface area contributed by atoms with Crippen LogP contribution in [0.5, 0.6) is 0 Å². The minimum Gasteiger partial charge on any atom is -0.480 e. The molecule has 0 fully saturated rings. The van der Waals surface area contributed by atoms with Crippen molar-refractivity contribution in [1.29, 1.82) is 0 Å². The van der Waals surface area contributed by atoms with Gasteiger partial charge in [0.05, 0.1) is 12.6 Å². The summed E-state index contributed by atoms with van der Waals surface area (Å²) in [6, 6.07) is 7.22. The summed E-state index contributed by atoms with van der Waals surface area (Å²) in [4.78, 5) is 10.2. The standard InChI is InChI=1S/C10H12BrNO3/c11-8-3-1-7(2-4-8)9(12)5-15-6-10(13)14/h1-4,9H,5-6,12H2,(H,13,14). The van der Waals surface area contributed by atoms with Crippen LogP contribution in [0.2, 0.25) is 0 Å². The average Bonchev–Trinajstić information content (AvgIpc) is 2.18. The molecule has 1 aromatic rings. The SMILES string of the molecule is NC(COCC(=O)O)c1ccc(Br)cc1. The Balaban J connectivity index is 2.43. The summed E-state index contributed by atoms with van der Waals surface area (Å²) in [7, 11) is 0. The fourth-order valence-electron chi connectivity index (χ4n) is 1.08. The van der Waals surface area contributed by atoms with Crippen molar-refractivity contribution in [2.45, 2.75) is 6.04 Å². The van der Waals surface area contributed by atoms with E-state index in [1.54, 1.807) is 0 Å². The Bertz CT molecular complexity index is 326. The molecule has 0 saturated carbocycles. The summed E-state index contributed by atoms with van der Waals surface area (Å²) in [5.74, 6) is -0.988. The zero-order chi connectivity index (χ0) is 11.3. The average molecular weight is 274 g/mol. The summed E-state index contributed by atoms with van der Waals surface area (Å²) in [6.07, 6.45) is 0. The van der Waals surface area contributed by atoms with Gasteiger partial charge in [-0.3, -0.25) is 0 Å². The van der Waals surface area contributed by atoms with E-state index in [2.05, 4.69) is 15.9 Å². The van der Waals surface area contributed by atoms with E-state index in [4.69, 9.17) is 15.6 Å². The van der Waals surface area contributed by atoms with Crippen LogP contribution in [0.1, 0.15) is 11.6 Å². The summed E-state index contributed by atoms with van der Waals surface area (Å²) >= 11 is 3.32. The van der Waals surface area contributed by atoms with E-state index in [0.29, 0.717) is 0 Å². The number of carbonyl (C=O) groups is 1. The molecule has 0 spiro atoms. The van der Waals surface area contributed by atoms with Crippen molar-refractivity contribution < 1.29 is 14.6 Å². The molecule has 0 radical (unpaired) electrons. The Morgan fingerprint density at radius 3 is 2.60 bits per heavy atom. The summed E-state index contributed by atoms with van der Waals surface area (Å²) in [5, 5.41) is 8.36. The first-order valence-electron chi connectivity index (χ1n) is 4.40. The monoisotopic (exact) mass is 273 g/mol. The van der Waals surface area contributed by atoms with Gasteiger partial charge in [-0.2, -0.15) is 0 Å². The van der Waals surface area contributed by atoms with Gasteiger partial charge in [0, 0.05) is 4.47 Å². The molecule has 1 unspecified atom stereocenters. The van der Waals surface area contributed by atoms with Crippen LogP contribution in [0.3, 0.4) is 0 Å². The number of rotatable bonds is 5. The van der Waals surface area contributed by atoms with Gasteiger partial charge in [-0.25, -0.2) is 4.79 Å². The zero-order valence-corrected chi connectivity index (χ0v) is 9.61. The lowest BCUT2D eigenvalue weighted by Gasteiger charge is -2.11. The highest BCUT2D eigenvalue weighted by atomic mass is 79.9. The van der Waals surface area contributed by atoms with Crippen molar-refractivity contribution >= 4 is 21.9 Å². The fraction of sp³-hybridized carbons (Fsp3) is 0.300. The van der Waals surface area contributed by atoms with E-state index in [-0.39, 0.29) is 19.3 Å². The Hall–Kier alpha value is -0.910. The fourth-order valence-corrected chi connectivity index (χ4v) is 1.34. The van der Waals surface area contributed by atoms with E-state index >= 15 is 0 Å². The van der Waals surface area contributed by atoms with Gasteiger partial charge in [0.1, 0.15) is 6.61 Å². The van der Waals surface area contributed by atoms with E-state index in [0.717, 1.165) is 10.0 Å². The molecule has 5 heteroatoms. The maximum atomic E-state index is 10.2. The maximum absolute atomic E-state index is 10.2. The van der Waals surface area contributed by atoms with Crippen molar-refractivity contribution in [3.05, 3.63) is 34.3 Å². The molecule has 0 aliphatic heterocycles. The number of aliphatic carboxylic acids is 1. The Kier molecular flexibility index (Phi) is 4.74. The third kappa shape index (κ3) is 4.42. The van der Waals surface area contributed by atoms with Crippen LogP contribution in [-0.4, -0.2) is 24.3 Å². The molecule has 0 heterocycles. The molecule has 0 bridgehead atoms. The molecule has 0 amide bonds. The van der Waals surface area contributed by atoms with E-state index in [1.165, 1.54) is 0 Å². The molecule has 1 atom stereocenters. The number of hydrogen-bond donors (Lipinski definition) is 2. The molecule has 0 aromatic heterocycles. The Morgan fingerprint density at radius 1 is 1.47 bits per heavy atom. The third-order valence-corrected chi connectivity index (χ3v) is 2.35. The highest BCUT2D eigenvalue weighted by molar-refractivity contribution is 9.10. The first-order valence-corrected chi connectivity index (χ1v) is 5.19. The first kappa shape index (κ1) is 12.2. The number of carboxylic acids is 1. The molecule has 82 valence electrons. The van der Waals surface area contributed by atoms with Crippen LogP contribution in [0.15, 0.2) is 28.7 Å². The van der Waals surface area contributed by atoms with Crippen LogP contribution in [0.25, 0.3) is 0 Å². The topological polar surface area (TPSA) is 72.5 Å². The molecule has 1 aromatic carbocycles. The highest BCUT2D eigenvalue weighted by Crippen LogP contribution is 2.15. The molecular formula is C10H12BrNO3. The Morgan fingerprint density at radius 2 is 2.07 bits per heavy atom. The molecular weight excluding hydrogens is 262 g/mol. The van der Waals surface area contributed by atoms with Crippen molar-refractivity contribution in [2.24, 2.45) is 5.73 Å². The van der Waals surface area contributed by atoms with Gasteiger partial charge in [0.15, 0.2) is 0 Å². The molecule has 15 heavy (non-hydrogen) atoms.